The van der Waals surface area contributed by atoms with Crippen molar-refractivity contribution in [2.24, 2.45) is 5.73 Å². The summed E-state index contributed by atoms with van der Waals surface area (Å²) in [5, 5.41) is 36.0. The zero-order valence-corrected chi connectivity index (χ0v) is 20.3. The van der Waals surface area contributed by atoms with E-state index in [9.17, 15) is 34.5 Å². The second kappa shape index (κ2) is 13.5. The maximum absolute atomic E-state index is 12.8. The SMILES string of the molecule is CC(O)C(NC(=O)C(N)Cc1cnc[nH]1)C(=O)NC(CS)C(=O)NC(Cc1ccc(O)cc1)C(=O)O. The number of amides is 3. The molecule has 3 amide bonds. The normalized spacial score (nSPS) is 15.1. The van der Waals surface area contributed by atoms with E-state index < -0.39 is 54.0 Å². The molecule has 1 aromatic heterocycles. The van der Waals surface area contributed by atoms with Crippen molar-refractivity contribution >= 4 is 36.3 Å². The quantitative estimate of drug-likeness (QED) is 0.134. The van der Waals surface area contributed by atoms with Gasteiger partial charge < -0.3 is 42.0 Å². The number of hydrogen-bond acceptors (Lipinski definition) is 9. The average Bonchev–Trinajstić information content (AvgIpc) is 3.34. The van der Waals surface area contributed by atoms with E-state index in [4.69, 9.17) is 5.73 Å². The van der Waals surface area contributed by atoms with E-state index in [1.54, 1.807) is 0 Å². The summed E-state index contributed by atoms with van der Waals surface area (Å²) in [6.07, 6.45) is 1.62. The highest BCUT2D eigenvalue weighted by Gasteiger charge is 2.32. The number of phenols is 1. The van der Waals surface area contributed by atoms with Crippen LogP contribution < -0.4 is 21.7 Å². The molecule has 0 bridgehead atoms. The number of aromatic nitrogens is 2. The van der Waals surface area contributed by atoms with Gasteiger partial charge in [0.05, 0.1) is 18.5 Å². The number of carbonyl (C=O) groups excluding carboxylic acids is 3. The van der Waals surface area contributed by atoms with Crippen molar-refractivity contribution in [3.63, 3.8) is 0 Å². The van der Waals surface area contributed by atoms with Crippen LogP contribution in [0.25, 0.3) is 0 Å². The minimum absolute atomic E-state index is 0.00883. The zero-order chi connectivity index (χ0) is 26.8. The van der Waals surface area contributed by atoms with Gasteiger partial charge >= 0.3 is 5.97 Å². The van der Waals surface area contributed by atoms with Gasteiger partial charge in [-0.15, -0.1) is 0 Å². The minimum atomic E-state index is -1.44. The van der Waals surface area contributed by atoms with Crippen molar-refractivity contribution in [1.29, 1.82) is 0 Å². The summed E-state index contributed by atoms with van der Waals surface area (Å²) < 4.78 is 0. The molecule has 2 aromatic rings. The van der Waals surface area contributed by atoms with Crippen LogP contribution in [0.15, 0.2) is 36.8 Å². The van der Waals surface area contributed by atoms with Crippen molar-refractivity contribution in [3.8, 4) is 5.75 Å². The minimum Gasteiger partial charge on any atom is -0.508 e. The molecule has 36 heavy (non-hydrogen) atoms. The Hall–Kier alpha value is -3.62. The predicted molar refractivity (Wildman–Crippen MR) is 131 cm³/mol. The smallest absolute Gasteiger partial charge is 0.326 e. The molecule has 9 N–H and O–H groups in total. The van der Waals surface area contributed by atoms with Crippen molar-refractivity contribution in [3.05, 3.63) is 48.0 Å². The van der Waals surface area contributed by atoms with Gasteiger partial charge in [0.1, 0.15) is 23.9 Å². The first-order chi connectivity index (χ1) is 17.0. The molecule has 5 atom stereocenters. The molecule has 0 radical (unpaired) electrons. The topological polar surface area (TPSA) is 220 Å². The summed E-state index contributed by atoms with van der Waals surface area (Å²) in [6.45, 7) is 1.28. The number of aromatic amines is 1. The van der Waals surface area contributed by atoms with E-state index in [1.807, 2.05) is 0 Å². The largest absolute Gasteiger partial charge is 0.508 e. The fourth-order valence-corrected chi connectivity index (χ4v) is 3.44. The lowest BCUT2D eigenvalue weighted by Gasteiger charge is -2.25. The maximum atomic E-state index is 12.8. The van der Waals surface area contributed by atoms with Crippen LogP contribution in [0, 0.1) is 0 Å². The van der Waals surface area contributed by atoms with Crippen LogP contribution in [0.1, 0.15) is 18.2 Å². The Bertz CT molecular complexity index is 1030. The number of nitrogens with two attached hydrogens (primary N) is 1. The third-order valence-corrected chi connectivity index (χ3v) is 5.57. The maximum Gasteiger partial charge on any atom is 0.326 e. The van der Waals surface area contributed by atoms with E-state index in [-0.39, 0.29) is 24.3 Å². The Kier molecular flexibility index (Phi) is 10.7. The zero-order valence-electron chi connectivity index (χ0n) is 19.4. The van der Waals surface area contributed by atoms with Crippen LogP contribution in [0.5, 0.6) is 5.75 Å². The first-order valence-electron chi connectivity index (χ1n) is 10.9. The highest BCUT2D eigenvalue weighted by molar-refractivity contribution is 7.80. The number of imidazole rings is 1. The molecule has 1 heterocycles. The summed E-state index contributed by atoms with van der Waals surface area (Å²) in [5.41, 5.74) is 7.02. The van der Waals surface area contributed by atoms with Gasteiger partial charge in [-0.3, -0.25) is 14.4 Å². The Balaban J connectivity index is 2.01. The number of aromatic hydroxyl groups is 1. The molecule has 0 fully saturated rings. The average molecular weight is 523 g/mol. The molecule has 13 nitrogen and oxygen atoms in total. The molecule has 0 aliphatic rings. The van der Waals surface area contributed by atoms with Crippen molar-refractivity contribution in [2.45, 2.75) is 50.0 Å². The predicted octanol–water partition coefficient (Wildman–Crippen LogP) is -1.92. The summed E-state index contributed by atoms with van der Waals surface area (Å²) in [4.78, 5) is 56.2. The van der Waals surface area contributed by atoms with Gasteiger partial charge in [-0.05, 0) is 24.6 Å². The van der Waals surface area contributed by atoms with Gasteiger partial charge in [0.15, 0.2) is 0 Å². The number of carbonyl (C=O) groups is 4. The molecule has 0 saturated carbocycles. The number of carboxylic acid groups (broad SMARTS) is 1. The van der Waals surface area contributed by atoms with E-state index in [2.05, 4.69) is 38.5 Å². The van der Waals surface area contributed by atoms with Gasteiger partial charge in [-0.2, -0.15) is 12.6 Å². The number of hydrogen-bond donors (Lipinski definition) is 9. The number of aliphatic hydroxyl groups is 1. The highest BCUT2D eigenvalue weighted by Crippen LogP contribution is 2.12. The second-order valence-corrected chi connectivity index (χ2v) is 8.49. The first-order valence-corrected chi connectivity index (χ1v) is 11.6. The molecule has 196 valence electrons. The molecule has 14 heteroatoms. The van der Waals surface area contributed by atoms with Crippen molar-refractivity contribution in [1.82, 2.24) is 25.9 Å². The highest BCUT2D eigenvalue weighted by atomic mass is 32.1. The lowest BCUT2D eigenvalue weighted by atomic mass is 10.1. The molecule has 1 aromatic carbocycles. The van der Waals surface area contributed by atoms with Gasteiger partial charge in [0.2, 0.25) is 17.7 Å². The Morgan fingerprint density at radius 3 is 2.19 bits per heavy atom. The van der Waals surface area contributed by atoms with Crippen LogP contribution in [-0.2, 0) is 32.0 Å². The third kappa shape index (κ3) is 8.55. The van der Waals surface area contributed by atoms with Gasteiger partial charge in [-0.1, -0.05) is 12.1 Å². The number of phenolic OH excluding ortho intramolecular Hbond substituents is 1. The number of carboxylic acids is 1. The first kappa shape index (κ1) is 28.6. The molecule has 0 aliphatic carbocycles. The fourth-order valence-electron chi connectivity index (χ4n) is 3.19. The Morgan fingerprint density at radius 1 is 1.03 bits per heavy atom. The number of thiol groups is 1. The Morgan fingerprint density at radius 2 is 1.67 bits per heavy atom. The molecule has 0 spiro atoms. The van der Waals surface area contributed by atoms with Crippen LogP contribution >= 0.6 is 12.6 Å². The third-order valence-electron chi connectivity index (χ3n) is 5.20. The number of aliphatic carboxylic acids is 1. The monoisotopic (exact) mass is 522 g/mol. The number of H-pyrrole nitrogens is 1. The summed E-state index contributed by atoms with van der Waals surface area (Å²) in [7, 11) is 0. The molecule has 0 aliphatic heterocycles. The van der Waals surface area contributed by atoms with E-state index in [0.717, 1.165) is 0 Å². The number of rotatable bonds is 13. The molecular weight excluding hydrogens is 492 g/mol. The number of nitrogens with one attached hydrogen (secondary N) is 4. The molecule has 0 saturated heterocycles. The molecule has 5 unspecified atom stereocenters. The van der Waals surface area contributed by atoms with Crippen molar-refractivity contribution < 1.29 is 34.5 Å². The summed E-state index contributed by atoms with van der Waals surface area (Å²) in [6, 6.07) is 0.738. The number of nitrogens with zero attached hydrogens (tertiary/aromatic N) is 1. The summed E-state index contributed by atoms with van der Waals surface area (Å²) in [5.74, 6) is -3.90. The van der Waals surface area contributed by atoms with E-state index in [0.29, 0.717) is 11.3 Å². The molecular formula is C22H30N6O7S. The number of aliphatic hydroxyl groups excluding tert-OH is 1. The van der Waals surface area contributed by atoms with Gasteiger partial charge in [0, 0.05) is 30.5 Å². The lowest BCUT2D eigenvalue weighted by molar-refractivity contribution is -0.142. The number of benzene rings is 1. The second-order valence-electron chi connectivity index (χ2n) is 8.13. The Labute approximate surface area is 212 Å². The van der Waals surface area contributed by atoms with Crippen LogP contribution in [0.2, 0.25) is 0 Å². The van der Waals surface area contributed by atoms with Crippen molar-refractivity contribution in [2.75, 3.05) is 5.75 Å². The van der Waals surface area contributed by atoms with Crippen LogP contribution in [0.4, 0.5) is 0 Å². The van der Waals surface area contributed by atoms with Crippen LogP contribution in [-0.4, -0.2) is 85.0 Å². The lowest BCUT2D eigenvalue weighted by Crippen LogP contribution is -2.60. The standard InChI is InChI=1S/C22H30N6O7S/c1-11(29)18(28-19(31)15(23)7-13-8-24-10-25-13)21(33)27-17(9-36)20(32)26-16(22(34)35)6-12-2-4-14(30)5-3-12/h2-5,8,10-11,15-18,29-30,36H,6-7,9,23H2,1H3,(H,24,25)(H,26,32)(H,27,33)(H,28,31)(H,34,35). The van der Waals surface area contributed by atoms with E-state index in [1.165, 1.54) is 43.7 Å². The van der Waals surface area contributed by atoms with Gasteiger partial charge in [0.25, 0.3) is 0 Å². The van der Waals surface area contributed by atoms with E-state index >= 15 is 0 Å². The van der Waals surface area contributed by atoms with Gasteiger partial charge in [-0.25, -0.2) is 9.78 Å². The fraction of sp³-hybridized carbons (Fsp3) is 0.409. The molecule has 2 rings (SSSR count). The summed E-state index contributed by atoms with van der Waals surface area (Å²) >= 11 is 4.06. The van der Waals surface area contributed by atoms with Crippen LogP contribution in [0.3, 0.4) is 0 Å².